The van der Waals surface area contributed by atoms with E-state index in [0.717, 1.165) is 11.4 Å². The Hall–Kier alpha value is -2.96. The summed E-state index contributed by atoms with van der Waals surface area (Å²) in [6.45, 7) is 6.44. The highest BCUT2D eigenvalue weighted by atomic mass is 16.5. The third kappa shape index (κ3) is 4.81. The average Bonchev–Trinajstić information content (AvgIpc) is 3.31. The molecule has 142 valence electrons. The predicted molar refractivity (Wildman–Crippen MR) is 101 cm³/mol. The Morgan fingerprint density at radius 3 is 2.74 bits per heavy atom. The summed E-state index contributed by atoms with van der Waals surface area (Å²) >= 11 is 0. The summed E-state index contributed by atoms with van der Waals surface area (Å²) in [6, 6.07) is 9.68. The van der Waals surface area contributed by atoms with Gasteiger partial charge < -0.3 is 14.4 Å². The standard InChI is InChI=1S/C20H25N5O2/c1-14(2)19-21-11-12-25(19)15(3)20(26)22-10-9-18-23-17(24-27-18)13-16-7-5-4-6-8-16/h4-8,11-12,14-15H,9-10,13H2,1-3H3,(H,22,26). The van der Waals surface area contributed by atoms with Crippen molar-refractivity contribution in [2.24, 2.45) is 0 Å². The van der Waals surface area contributed by atoms with E-state index in [1.54, 1.807) is 6.20 Å². The molecule has 0 aliphatic rings. The maximum Gasteiger partial charge on any atom is 0.242 e. The summed E-state index contributed by atoms with van der Waals surface area (Å²) in [6.07, 6.45) is 4.70. The molecule has 1 unspecified atom stereocenters. The predicted octanol–water partition coefficient (Wildman–Crippen LogP) is 2.90. The molecule has 3 rings (SSSR count). The van der Waals surface area contributed by atoms with Gasteiger partial charge in [-0.15, -0.1) is 0 Å². The molecule has 3 aromatic rings. The molecule has 27 heavy (non-hydrogen) atoms. The van der Waals surface area contributed by atoms with Crippen molar-refractivity contribution in [2.45, 2.75) is 45.6 Å². The van der Waals surface area contributed by atoms with Crippen molar-refractivity contribution < 1.29 is 9.32 Å². The summed E-state index contributed by atoms with van der Waals surface area (Å²) in [5.74, 6) is 2.28. The van der Waals surface area contributed by atoms with Crippen LogP contribution in [0.25, 0.3) is 0 Å². The number of imidazole rings is 1. The summed E-state index contributed by atoms with van der Waals surface area (Å²) in [5.41, 5.74) is 1.13. The molecule has 7 nitrogen and oxygen atoms in total. The fraction of sp³-hybridized carbons (Fsp3) is 0.400. The molecule has 2 heterocycles. The van der Waals surface area contributed by atoms with E-state index in [0.29, 0.717) is 31.1 Å². The number of aromatic nitrogens is 4. The van der Waals surface area contributed by atoms with Crippen molar-refractivity contribution >= 4 is 5.91 Å². The number of amides is 1. The molecule has 0 bridgehead atoms. The summed E-state index contributed by atoms with van der Waals surface area (Å²) in [4.78, 5) is 21.2. The molecule has 0 saturated carbocycles. The lowest BCUT2D eigenvalue weighted by molar-refractivity contribution is -0.123. The van der Waals surface area contributed by atoms with Crippen LogP contribution in [-0.2, 0) is 17.6 Å². The van der Waals surface area contributed by atoms with Crippen molar-refractivity contribution in [2.75, 3.05) is 6.54 Å². The van der Waals surface area contributed by atoms with Crippen LogP contribution in [0.2, 0.25) is 0 Å². The van der Waals surface area contributed by atoms with E-state index in [-0.39, 0.29) is 17.9 Å². The number of carbonyl (C=O) groups is 1. The number of benzene rings is 1. The molecular formula is C20H25N5O2. The van der Waals surface area contributed by atoms with Crippen molar-refractivity contribution in [3.05, 3.63) is 65.8 Å². The quantitative estimate of drug-likeness (QED) is 0.662. The zero-order valence-corrected chi connectivity index (χ0v) is 15.9. The highest BCUT2D eigenvalue weighted by molar-refractivity contribution is 5.79. The Kier molecular flexibility index (Phi) is 6.01. The average molecular weight is 367 g/mol. The fourth-order valence-corrected chi connectivity index (χ4v) is 2.91. The topological polar surface area (TPSA) is 85.8 Å². The second kappa shape index (κ2) is 8.62. The first-order chi connectivity index (χ1) is 13.0. The lowest BCUT2D eigenvalue weighted by Gasteiger charge is -2.17. The van der Waals surface area contributed by atoms with Gasteiger partial charge in [-0.1, -0.05) is 49.3 Å². The zero-order chi connectivity index (χ0) is 19.2. The van der Waals surface area contributed by atoms with Crippen molar-refractivity contribution in [3.63, 3.8) is 0 Å². The van der Waals surface area contributed by atoms with Crippen LogP contribution < -0.4 is 5.32 Å². The number of rotatable bonds is 8. The van der Waals surface area contributed by atoms with Crippen LogP contribution >= 0.6 is 0 Å². The first kappa shape index (κ1) is 18.8. The molecule has 2 aromatic heterocycles. The Morgan fingerprint density at radius 2 is 2.00 bits per heavy atom. The summed E-state index contributed by atoms with van der Waals surface area (Å²) in [7, 11) is 0. The van der Waals surface area contributed by atoms with Crippen LogP contribution in [0.3, 0.4) is 0 Å². The van der Waals surface area contributed by atoms with E-state index in [4.69, 9.17) is 4.52 Å². The van der Waals surface area contributed by atoms with Gasteiger partial charge in [-0.25, -0.2) is 4.98 Å². The monoisotopic (exact) mass is 367 g/mol. The Labute approximate surface area is 158 Å². The molecule has 0 aliphatic carbocycles. The smallest absolute Gasteiger partial charge is 0.242 e. The molecule has 0 aliphatic heterocycles. The zero-order valence-electron chi connectivity index (χ0n) is 15.9. The van der Waals surface area contributed by atoms with Crippen LogP contribution in [0, 0.1) is 0 Å². The number of nitrogens with zero attached hydrogens (tertiary/aromatic N) is 4. The first-order valence-electron chi connectivity index (χ1n) is 9.20. The number of carbonyl (C=O) groups excluding carboxylic acids is 1. The molecule has 1 amide bonds. The van der Waals surface area contributed by atoms with Gasteiger partial charge in [-0.05, 0) is 12.5 Å². The van der Waals surface area contributed by atoms with Gasteiger partial charge in [0.25, 0.3) is 0 Å². The van der Waals surface area contributed by atoms with E-state index in [1.807, 2.05) is 48.0 Å². The molecule has 1 atom stereocenters. The fourth-order valence-electron chi connectivity index (χ4n) is 2.91. The largest absolute Gasteiger partial charge is 0.354 e. The van der Waals surface area contributed by atoms with Gasteiger partial charge in [-0.3, -0.25) is 4.79 Å². The summed E-state index contributed by atoms with van der Waals surface area (Å²) in [5, 5.41) is 6.93. The Balaban J connectivity index is 1.49. The van der Waals surface area contributed by atoms with Crippen molar-refractivity contribution in [1.29, 1.82) is 0 Å². The van der Waals surface area contributed by atoms with Crippen LogP contribution in [0.15, 0.2) is 47.2 Å². The normalized spacial score (nSPS) is 12.3. The second-order valence-electron chi connectivity index (χ2n) is 6.83. The van der Waals surface area contributed by atoms with E-state index >= 15 is 0 Å². The SMILES string of the molecule is CC(C)c1nccn1C(C)C(=O)NCCc1nc(Cc2ccccc2)no1. The van der Waals surface area contributed by atoms with Crippen LogP contribution in [0.5, 0.6) is 0 Å². The number of hydrogen-bond acceptors (Lipinski definition) is 5. The molecule has 0 spiro atoms. The van der Waals surface area contributed by atoms with E-state index in [1.165, 1.54) is 0 Å². The number of nitrogens with one attached hydrogen (secondary N) is 1. The van der Waals surface area contributed by atoms with Crippen LogP contribution in [-0.4, -0.2) is 32.1 Å². The highest BCUT2D eigenvalue weighted by Crippen LogP contribution is 2.17. The van der Waals surface area contributed by atoms with Crippen LogP contribution in [0.1, 0.15) is 55.8 Å². The number of hydrogen-bond donors (Lipinski definition) is 1. The van der Waals surface area contributed by atoms with Gasteiger partial charge in [0.1, 0.15) is 11.9 Å². The summed E-state index contributed by atoms with van der Waals surface area (Å²) < 4.78 is 7.18. The first-order valence-corrected chi connectivity index (χ1v) is 9.20. The maximum atomic E-state index is 12.4. The highest BCUT2D eigenvalue weighted by Gasteiger charge is 2.19. The molecule has 0 radical (unpaired) electrons. The van der Waals surface area contributed by atoms with Crippen molar-refractivity contribution in [3.8, 4) is 0 Å². The van der Waals surface area contributed by atoms with Gasteiger partial charge in [0.2, 0.25) is 11.8 Å². The molecule has 0 fully saturated rings. The Bertz CT molecular complexity index is 869. The molecule has 1 aromatic carbocycles. The molecule has 1 N–H and O–H groups in total. The van der Waals surface area contributed by atoms with Crippen LogP contribution in [0.4, 0.5) is 0 Å². The van der Waals surface area contributed by atoms with E-state index in [2.05, 4.69) is 34.3 Å². The van der Waals surface area contributed by atoms with Gasteiger partial charge in [0.15, 0.2) is 5.82 Å². The van der Waals surface area contributed by atoms with Gasteiger partial charge in [0, 0.05) is 37.7 Å². The Morgan fingerprint density at radius 1 is 1.22 bits per heavy atom. The molecule has 0 saturated heterocycles. The lowest BCUT2D eigenvalue weighted by Crippen LogP contribution is -2.33. The molecular weight excluding hydrogens is 342 g/mol. The minimum Gasteiger partial charge on any atom is -0.354 e. The minimum atomic E-state index is -0.318. The maximum absolute atomic E-state index is 12.4. The van der Waals surface area contributed by atoms with Gasteiger partial charge in [0.05, 0.1) is 0 Å². The molecule has 7 heteroatoms. The van der Waals surface area contributed by atoms with Gasteiger partial charge >= 0.3 is 0 Å². The third-order valence-electron chi connectivity index (χ3n) is 4.37. The van der Waals surface area contributed by atoms with E-state index < -0.39 is 0 Å². The third-order valence-corrected chi connectivity index (χ3v) is 4.37. The van der Waals surface area contributed by atoms with Crippen molar-refractivity contribution in [1.82, 2.24) is 25.0 Å². The minimum absolute atomic E-state index is 0.0566. The van der Waals surface area contributed by atoms with E-state index in [9.17, 15) is 4.79 Å². The second-order valence-corrected chi connectivity index (χ2v) is 6.83. The van der Waals surface area contributed by atoms with Gasteiger partial charge in [-0.2, -0.15) is 4.98 Å². The lowest BCUT2D eigenvalue weighted by atomic mass is 10.1.